The molecule has 0 saturated carbocycles. The molecule has 3 rings (SSSR count). The van der Waals surface area contributed by atoms with Gasteiger partial charge in [0, 0.05) is 5.56 Å². The van der Waals surface area contributed by atoms with Crippen molar-refractivity contribution >= 4 is 10.2 Å². The van der Waals surface area contributed by atoms with Crippen LogP contribution in [0, 0.1) is 38.2 Å². The first-order valence-electron chi connectivity index (χ1n) is 8.59. The monoisotopic (exact) mass is 452 g/mol. The standard InChI is InChI=1S/C21H16F8S/c1-11-6-13(3)20(17(22)7-11)14-4-5-16(12(2)8-14)15-9-18(23)21(19(24)10-15)30(25,26,27,28)29/h4-10H,1-3H3. The maximum Gasteiger partial charge on any atom is 0.315 e. The molecule has 0 radical (unpaired) electrons. The van der Waals surface area contributed by atoms with E-state index in [0.717, 1.165) is 5.56 Å². The van der Waals surface area contributed by atoms with Crippen molar-refractivity contribution in [1.29, 1.82) is 0 Å². The fourth-order valence-electron chi connectivity index (χ4n) is 3.51. The molecular formula is C21H16F8S. The molecule has 3 aromatic carbocycles. The van der Waals surface area contributed by atoms with E-state index < -0.39 is 32.6 Å². The van der Waals surface area contributed by atoms with Gasteiger partial charge in [-0.05, 0) is 72.4 Å². The maximum absolute atomic E-state index is 14.4. The molecule has 0 aliphatic rings. The van der Waals surface area contributed by atoms with Crippen LogP contribution in [-0.2, 0) is 0 Å². The molecule has 0 saturated heterocycles. The molecule has 0 aromatic heterocycles. The van der Waals surface area contributed by atoms with Gasteiger partial charge in [-0.2, -0.15) is 0 Å². The Kier molecular flexibility index (Phi) is 4.60. The summed E-state index contributed by atoms with van der Waals surface area (Å²) in [4.78, 5) is -3.16. The molecule has 0 aliphatic heterocycles. The highest BCUT2D eigenvalue weighted by Crippen LogP contribution is 3.02. The Morgan fingerprint density at radius 3 is 1.63 bits per heavy atom. The van der Waals surface area contributed by atoms with Gasteiger partial charge in [-0.15, -0.1) is 0 Å². The van der Waals surface area contributed by atoms with E-state index in [1.165, 1.54) is 31.2 Å². The molecule has 0 fully saturated rings. The maximum atomic E-state index is 14.4. The first kappa shape index (κ1) is 22.1. The molecule has 9 heteroatoms. The van der Waals surface area contributed by atoms with Gasteiger partial charge in [-0.3, -0.25) is 0 Å². The molecule has 0 bridgehead atoms. The van der Waals surface area contributed by atoms with E-state index in [0.29, 0.717) is 22.3 Å². The lowest BCUT2D eigenvalue weighted by Gasteiger charge is -2.40. The molecule has 0 unspecified atom stereocenters. The third-order valence-electron chi connectivity index (χ3n) is 4.64. The summed E-state index contributed by atoms with van der Waals surface area (Å²) in [7, 11) is -10.5. The van der Waals surface area contributed by atoms with Gasteiger partial charge in [0.1, 0.15) is 17.5 Å². The van der Waals surface area contributed by atoms with Crippen LogP contribution in [0.4, 0.5) is 32.6 Å². The fraction of sp³-hybridized carbons (Fsp3) is 0.143. The first-order chi connectivity index (χ1) is 13.5. The van der Waals surface area contributed by atoms with E-state index in [2.05, 4.69) is 0 Å². The second-order valence-electron chi connectivity index (χ2n) is 7.21. The normalized spacial score (nSPS) is 14.4. The number of aryl methyl sites for hydroxylation is 3. The van der Waals surface area contributed by atoms with Crippen LogP contribution in [0.5, 0.6) is 0 Å². The Morgan fingerprint density at radius 1 is 0.600 bits per heavy atom. The van der Waals surface area contributed by atoms with Crippen molar-refractivity contribution in [1.82, 2.24) is 0 Å². The van der Waals surface area contributed by atoms with Crippen molar-refractivity contribution in [3.05, 3.63) is 76.6 Å². The number of benzene rings is 3. The van der Waals surface area contributed by atoms with Gasteiger partial charge in [0.25, 0.3) is 0 Å². The minimum Gasteiger partial charge on any atom is -0.206 e. The minimum absolute atomic E-state index is 0.121. The molecule has 0 amide bonds. The number of hydrogen-bond donors (Lipinski definition) is 0. The molecule has 0 atom stereocenters. The average Bonchev–Trinajstić information content (AvgIpc) is 2.50. The van der Waals surface area contributed by atoms with Crippen molar-refractivity contribution in [2.75, 3.05) is 0 Å². The third-order valence-corrected chi connectivity index (χ3v) is 5.80. The zero-order valence-corrected chi connectivity index (χ0v) is 16.8. The molecule has 3 aromatic rings. The number of rotatable bonds is 3. The van der Waals surface area contributed by atoms with E-state index >= 15 is 0 Å². The van der Waals surface area contributed by atoms with Gasteiger partial charge in [0.15, 0.2) is 4.90 Å². The van der Waals surface area contributed by atoms with Crippen LogP contribution in [0.25, 0.3) is 22.3 Å². The second-order valence-corrected chi connectivity index (χ2v) is 9.55. The summed E-state index contributed by atoms with van der Waals surface area (Å²) in [6.45, 7) is 4.94. The molecule has 162 valence electrons. The van der Waals surface area contributed by atoms with Crippen LogP contribution in [0.1, 0.15) is 16.7 Å². The number of hydrogen-bond acceptors (Lipinski definition) is 0. The van der Waals surface area contributed by atoms with Gasteiger partial charge < -0.3 is 0 Å². The highest BCUT2D eigenvalue weighted by Gasteiger charge is 2.68. The highest BCUT2D eigenvalue weighted by molar-refractivity contribution is 8.45. The van der Waals surface area contributed by atoms with Crippen molar-refractivity contribution in [3.63, 3.8) is 0 Å². The zero-order valence-electron chi connectivity index (χ0n) is 16.0. The molecule has 0 nitrogen and oxygen atoms in total. The Morgan fingerprint density at radius 2 is 1.17 bits per heavy atom. The van der Waals surface area contributed by atoms with Crippen LogP contribution >= 0.6 is 10.2 Å². The summed E-state index contributed by atoms with van der Waals surface area (Å²) in [5, 5.41) is 0. The molecule has 30 heavy (non-hydrogen) atoms. The summed E-state index contributed by atoms with van der Waals surface area (Å²) in [5.41, 5.74) is 2.27. The summed E-state index contributed by atoms with van der Waals surface area (Å²) in [6, 6.07) is 7.84. The van der Waals surface area contributed by atoms with E-state index in [1.54, 1.807) is 19.9 Å². The zero-order chi connectivity index (χ0) is 22.7. The van der Waals surface area contributed by atoms with Crippen molar-refractivity contribution < 1.29 is 32.6 Å². The third kappa shape index (κ3) is 4.16. The fourth-order valence-corrected chi connectivity index (χ4v) is 4.36. The largest absolute Gasteiger partial charge is 0.315 e. The summed E-state index contributed by atoms with van der Waals surface area (Å²) < 4.78 is 107. The van der Waals surface area contributed by atoms with Crippen LogP contribution in [0.2, 0.25) is 0 Å². The lowest BCUT2D eigenvalue weighted by atomic mass is 9.93. The SMILES string of the molecule is Cc1cc(C)c(-c2ccc(-c3cc(F)c(S(F)(F)(F)(F)F)c(F)c3)c(C)c2)c(F)c1. The van der Waals surface area contributed by atoms with Gasteiger partial charge in [-0.1, -0.05) is 43.7 Å². The Hall–Kier alpha value is -2.55. The van der Waals surface area contributed by atoms with E-state index in [9.17, 15) is 32.6 Å². The van der Waals surface area contributed by atoms with Crippen molar-refractivity contribution in [2.45, 2.75) is 25.7 Å². The van der Waals surface area contributed by atoms with Crippen LogP contribution in [0.3, 0.4) is 0 Å². The smallest absolute Gasteiger partial charge is 0.206 e. The van der Waals surface area contributed by atoms with Crippen LogP contribution < -0.4 is 0 Å². The lowest BCUT2D eigenvalue weighted by molar-refractivity contribution is 0.345. The lowest BCUT2D eigenvalue weighted by Crippen LogP contribution is -2.11. The van der Waals surface area contributed by atoms with Gasteiger partial charge in [-0.25, -0.2) is 13.2 Å². The Bertz CT molecular complexity index is 1130. The Balaban J connectivity index is 2.14. The van der Waals surface area contributed by atoms with E-state index in [-0.39, 0.29) is 23.3 Å². The quantitative estimate of drug-likeness (QED) is 0.348. The summed E-state index contributed by atoms with van der Waals surface area (Å²) in [5.74, 6) is -5.27. The predicted octanol–water partition coefficient (Wildman–Crippen LogP) is 9.02. The molecule has 0 spiro atoms. The molecular weight excluding hydrogens is 436 g/mol. The van der Waals surface area contributed by atoms with Crippen LogP contribution in [-0.4, -0.2) is 0 Å². The topological polar surface area (TPSA) is 0 Å². The van der Waals surface area contributed by atoms with E-state index in [4.69, 9.17) is 0 Å². The summed E-state index contributed by atoms with van der Waals surface area (Å²) in [6.07, 6.45) is 0. The van der Waals surface area contributed by atoms with Crippen molar-refractivity contribution in [2.24, 2.45) is 0 Å². The summed E-state index contributed by atoms with van der Waals surface area (Å²) >= 11 is 0. The van der Waals surface area contributed by atoms with Gasteiger partial charge >= 0.3 is 10.2 Å². The average molecular weight is 452 g/mol. The Labute approximate surface area is 167 Å². The van der Waals surface area contributed by atoms with Gasteiger partial charge in [0.05, 0.1) is 0 Å². The molecule has 0 aliphatic carbocycles. The first-order valence-corrected chi connectivity index (χ1v) is 10.5. The van der Waals surface area contributed by atoms with Crippen molar-refractivity contribution in [3.8, 4) is 22.3 Å². The minimum atomic E-state index is -10.5. The number of halogens is 8. The highest BCUT2D eigenvalue weighted by atomic mass is 32.5. The molecule has 0 N–H and O–H groups in total. The van der Waals surface area contributed by atoms with Crippen LogP contribution in [0.15, 0.2) is 47.4 Å². The van der Waals surface area contributed by atoms with Gasteiger partial charge in [0.2, 0.25) is 0 Å². The second kappa shape index (κ2) is 6.23. The predicted molar refractivity (Wildman–Crippen MR) is 103 cm³/mol. The molecule has 0 heterocycles. The van der Waals surface area contributed by atoms with E-state index in [1.807, 2.05) is 0 Å².